The topological polar surface area (TPSA) is 97.8 Å². The van der Waals surface area contributed by atoms with E-state index in [9.17, 15) is 18.4 Å². The minimum atomic E-state index is -0.724. The number of carbonyl (C=O) groups is 2. The number of H-pyrrole nitrogens is 1. The average Bonchev–Trinajstić information content (AvgIpc) is 3.30. The van der Waals surface area contributed by atoms with E-state index in [1.807, 2.05) is 6.07 Å². The molecule has 2 aromatic carbocycles. The van der Waals surface area contributed by atoms with Gasteiger partial charge in [0.05, 0.1) is 17.1 Å². The third kappa shape index (κ3) is 3.74. The predicted molar refractivity (Wildman–Crippen MR) is 106 cm³/mol. The Hall–Kier alpha value is -3.73. The van der Waals surface area contributed by atoms with Gasteiger partial charge in [-0.1, -0.05) is 12.1 Å². The molecule has 0 spiro atoms. The Kier molecular flexibility index (Phi) is 5.19. The molecule has 2 amide bonds. The van der Waals surface area contributed by atoms with E-state index in [1.165, 1.54) is 6.07 Å². The number of carbonyl (C=O) groups excluding carboxylic acids is 2. The van der Waals surface area contributed by atoms with Crippen LogP contribution in [-0.2, 0) is 16.0 Å². The molecule has 0 bridgehead atoms. The molecule has 1 fully saturated rings. The van der Waals surface area contributed by atoms with E-state index in [1.54, 1.807) is 24.3 Å². The summed E-state index contributed by atoms with van der Waals surface area (Å²) in [6.45, 7) is 0.521. The quantitative estimate of drug-likeness (QED) is 0.605. The molecule has 0 unspecified atom stereocenters. The van der Waals surface area contributed by atoms with Crippen molar-refractivity contribution < 1.29 is 18.4 Å². The van der Waals surface area contributed by atoms with Crippen molar-refractivity contribution in [3.05, 3.63) is 59.2 Å². The van der Waals surface area contributed by atoms with Gasteiger partial charge in [-0.3, -0.25) is 9.59 Å². The van der Waals surface area contributed by atoms with Crippen molar-refractivity contribution in [1.82, 2.24) is 15.6 Å². The first-order valence-electron chi connectivity index (χ1n) is 9.53. The van der Waals surface area contributed by atoms with Gasteiger partial charge in [-0.25, -0.2) is 8.78 Å². The number of aromatic amines is 1. The fourth-order valence-electron chi connectivity index (χ4n) is 3.73. The van der Waals surface area contributed by atoms with Crippen molar-refractivity contribution in [1.29, 1.82) is 5.26 Å². The first-order valence-corrected chi connectivity index (χ1v) is 9.53. The molecule has 30 heavy (non-hydrogen) atoms. The SMILES string of the molecule is N#Cc1ccc(-c2[nH]c3c(F)cc(F)cc3c2CCC(=O)N[C@H]2CCNC2=O)cc1. The van der Waals surface area contributed by atoms with Crippen molar-refractivity contribution in [2.24, 2.45) is 0 Å². The lowest BCUT2D eigenvalue weighted by Gasteiger charge is -2.10. The molecular formula is C22H18F2N4O2. The molecule has 2 heterocycles. The van der Waals surface area contributed by atoms with E-state index in [0.29, 0.717) is 40.7 Å². The van der Waals surface area contributed by atoms with Crippen molar-refractivity contribution in [3.63, 3.8) is 0 Å². The zero-order valence-corrected chi connectivity index (χ0v) is 15.9. The molecule has 3 aromatic rings. The summed E-state index contributed by atoms with van der Waals surface area (Å²) in [5.74, 6) is -1.95. The first kappa shape index (κ1) is 19.6. The molecule has 4 rings (SSSR count). The van der Waals surface area contributed by atoms with Gasteiger partial charge in [0.2, 0.25) is 11.8 Å². The van der Waals surface area contributed by atoms with Gasteiger partial charge in [0.25, 0.3) is 0 Å². The number of nitrogens with zero attached hydrogens (tertiary/aromatic N) is 1. The lowest BCUT2D eigenvalue weighted by molar-refractivity contribution is -0.127. The maximum atomic E-state index is 14.3. The standard InChI is InChI=1S/C22H18F2N4O2/c23-14-9-16-15(5-6-19(29)27-18-7-8-26-22(18)30)20(28-21(16)17(24)10-14)13-3-1-12(11-25)2-4-13/h1-4,9-10,18,28H,5-8H2,(H,26,30)(H,27,29)/t18-/m0/s1. The van der Waals surface area contributed by atoms with Gasteiger partial charge >= 0.3 is 0 Å². The molecule has 1 saturated heterocycles. The lowest BCUT2D eigenvalue weighted by Crippen LogP contribution is -2.40. The first-order chi connectivity index (χ1) is 14.5. The van der Waals surface area contributed by atoms with Crippen LogP contribution in [0.5, 0.6) is 0 Å². The van der Waals surface area contributed by atoms with Gasteiger partial charge in [-0.15, -0.1) is 0 Å². The normalized spacial score (nSPS) is 15.8. The fourth-order valence-corrected chi connectivity index (χ4v) is 3.73. The van der Waals surface area contributed by atoms with Crippen molar-refractivity contribution in [3.8, 4) is 17.3 Å². The van der Waals surface area contributed by atoms with Gasteiger partial charge < -0.3 is 15.6 Å². The minimum absolute atomic E-state index is 0.0537. The molecule has 3 N–H and O–H groups in total. The Labute approximate surface area is 170 Å². The van der Waals surface area contributed by atoms with Crippen molar-refractivity contribution in [2.45, 2.75) is 25.3 Å². The Balaban J connectivity index is 1.66. The highest BCUT2D eigenvalue weighted by Gasteiger charge is 2.26. The highest BCUT2D eigenvalue weighted by Crippen LogP contribution is 2.33. The van der Waals surface area contributed by atoms with Crippen LogP contribution in [0.2, 0.25) is 0 Å². The number of aryl methyl sites for hydroxylation is 1. The van der Waals surface area contributed by atoms with Gasteiger partial charge in [-0.2, -0.15) is 5.26 Å². The summed E-state index contributed by atoms with van der Waals surface area (Å²) in [5.41, 5.74) is 2.48. The van der Waals surface area contributed by atoms with E-state index >= 15 is 0 Å². The number of hydrogen-bond donors (Lipinski definition) is 3. The lowest BCUT2D eigenvalue weighted by atomic mass is 10.00. The van der Waals surface area contributed by atoms with Crippen LogP contribution in [-0.4, -0.2) is 29.4 Å². The Morgan fingerprint density at radius 1 is 1.23 bits per heavy atom. The molecule has 0 aliphatic carbocycles. The van der Waals surface area contributed by atoms with Crippen molar-refractivity contribution >= 4 is 22.7 Å². The minimum Gasteiger partial charge on any atom is -0.354 e. The number of nitriles is 1. The van der Waals surface area contributed by atoms with Gasteiger partial charge in [0.1, 0.15) is 17.7 Å². The zero-order valence-electron chi connectivity index (χ0n) is 15.9. The van der Waals surface area contributed by atoms with Gasteiger partial charge in [0, 0.05) is 30.1 Å². The second-order valence-corrected chi connectivity index (χ2v) is 7.18. The molecule has 1 aromatic heterocycles. The summed E-state index contributed by atoms with van der Waals surface area (Å²) >= 11 is 0. The Morgan fingerprint density at radius 2 is 2.00 bits per heavy atom. The van der Waals surface area contributed by atoms with Crippen LogP contribution < -0.4 is 10.6 Å². The summed E-state index contributed by atoms with van der Waals surface area (Å²) in [6, 6.07) is 10.2. The van der Waals surface area contributed by atoms with Crippen LogP contribution in [0.4, 0.5) is 8.78 Å². The molecule has 1 aliphatic heterocycles. The Morgan fingerprint density at radius 3 is 2.67 bits per heavy atom. The highest BCUT2D eigenvalue weighted by molar-refractivity contribution is 5.93. The number of amides is 2. The summed E-state index contributed by atoms with van der Waals surface area (Å²) in [5, 5.41) is 14.7. The number of nitrogens with one attached hydrogen (secondary N) is 3. The third-order valence-electron chi connectivity index (χ3n) is 5.22. The number of benzene rings is 2. The average molecular weight is 408 g/mol. The molecule has 0 saturated carbocycles. The van der Waals surface area contributed by atoms with Crippen molar-refractivity contribution in [2.75, 3.05) is 6.54 Å². The number of halogens is 2. The highest BCUT2D eigenvalue weighted by atomic mass is 19.1. The summed E-state index contributed by atoms with van der Waals surface area (Å²) in [7, 11) is 0. The molecule has 6 nitrogen and oxygen atoms in total. The molecule has 1 aliphatic rings. The second kappa shape index (κ2) is 7.95. The maximum absolute atomic E-state index is 14.3. The van der Waals surface area contributed by atoms with E-state index in [-0.39, 0.29) is 30.2 Å². The van der Waals surface area contributed by atoms with E-state index in [0.717, 1.165) is 6.07 Å². The third-order valence-corrected chi connectivity index (χ3v) is 5.22. The number of hydrogen-bond acceptors (Lipinski definition) is 3. The van der Waals surface area contributed by atoms with E-state index < -0.39 is 17.7 Å². The number of aromatic nitrogens is 1. The van der Waals surface area contributed by atoms with Crippen LogP contribution in [0.3, 0.4) is 0 Å². The van der Waals surface area contributed by atoms with Crippen LogP contribution in [0, 0.1) is 23.0 Å². The van der Waals surface area contributed by atoms with Crippen LogP contribution in [0.15, 0.2) is 36.4 Å². The maximum Gasteiger partial charge on any atom is 0.242 e. The smallest absolute Gasteiger partial charge is 0.242 e. The van der Waals surface area contributed by atoms with E-state index in [2.05, 4.69) is 15.6 Å². The molecular weight excluding hydrogens is 390 g/mol. The summed E-state index contributed by atoms with van der Waals surface area (Å²) in [4.78, 5) is 27.0. The molecule has 1 atom stereocenters. The number of rotatable bonds is 5. The van der Waals surface area contributed by atoms with Crippen LogP contribution in [0.25, 0.3) is 22.2 Å². The predicted octanol–water partition coefficient (Wildman–Crippen LogP) is 2.92. The molecule has 8 heteroatoms. The second-order valence-electron chi connectivity index (χ2n) is 7.18. The largest absolute Gasteiger partial charge is 0.354 e. The van der Waals surface area contributed by atoms with E-state index in [4.69, 9.17) is 5.26 Å². The monoisotopic (exact) mass is 408 g/mol. The van der Waals surface area contributed by atoms with Gasteiger partial charge in [0.15, 0.2) is 0 Å². The zero-order chi connectivity index (χ0) is 21.3. The number of fused-ring (bicyclic) bond motifs is 1. The molecule has 152 valence electrons. The van der Waals surface area contributed by atoms with Crippen LogP contribution in [0.1, 0.15) is 24.0 Å². The Bertz CT molecular complexity index is 1180. The summed E-state index contributed by atoms with van der Waals surface area (Å²) in [6.07, 6.45) is 0.807. The van der Waals surface area contributed by atoms with Crippen LogP contribution >= 0.6 is 0 Å². The summed E-state index contributed by atoms with van der Waals surface area (Å²) < 4.78 is 28.2. The molecule has 0 radical (unpaired) electrons. The van der Waals surface area contributed by atoms with Gasteiger partial charge in [-0.05, 0) is 42.2 Å². The fraction of sp³-hybridized carbons (Fsp3) is 0.227.